The van der Waals surface area contributed by atoms with E-state index in [9.17, 15) is 14.9 Å². The molecule has 0 spiro atoms. The first kappa shape index (κ1) is 18.9. The van der Waals surface area contributed by atoms with Crippen LogP contribution in [0.4, 0.5) is 5.69 Å². The van der Waals surface area contributed by atoms with Gasteiger partial charge in [-0.25, -0.2) is 4.79 Å². The van der Waals surface area contributed by atoms with E-state index in [0.29, 0.717) is 12.1 Å². The number of rotatable bonds is 4. The SMILES string of the molecule is Cl.O=C(O[C@H]1CNCC[C@@H]1c1ccccc1)c1ccc([N+](=O)[O-])cc1. The van der Waals surface area contributed by atoms with Crippen molar-refractivity contribution in [2.75, 3.05) is 13.1 Å². The predicted molar refractivity (Wildman–Crippen MR) is 96.2 cm³/mol. The Morgan fingerprint density at radius 1 is 1.12 bits per heavy atom. The molecule has 2 aromatic carbocycles. The Morgan fingerprint density at radius 2 is 1.80 bits per heavy atom. The summed E-state index contributed by atoms with van der Waals surface area (Å²) in [6.07, 6.45) is 0.631. The number of nitro groups is 1. The van der Waals surface area contributed by atoms with Crippen molar-refractivity contribution in [3.8, 4) is 0 Å². The van der Waals surface area contributed by atoms with Gasteiger partial charge in [0.05, 0.1) is 10.5 Å². The number of hydrogen-bond acceptors (Lipinski definition) is 5. The normalized spacial score (nSPS) is 19.5. The largest absolute Gasteiger partial charge is 0.457 e. The Hall–Kier alpha value is -2.44. The average Bonchev–Trinajstić information content (AvgIpc) is 2.63. The summed E-state index contributed by atoms with van der Waals surface area (Å²) in [5.74, 6) is -0.311. The number of nitro benzene ring substituents is 1. The van der Waals surface area contributed by atoms with Crippen molar-refractivity contribution in [2.45, 2.75) is 18.4 Å². The van der Waals surface area contributed by atoms with Gasteiger partial charge in [-0.15, -0.1) is 12.4 Å². The third-order valence-corrected chi connectivity index (χ3v) is 4.23. The van der Waals surface area contributed by atoms with Crippen LogP contribution in [0.2, 0.25) is 0 Å². The van der Waals surface area contributed by atoms with Gasteiger partial charge in [0.25, 0.3) is 5.69 Å². The number of carbonyl (C=O) groups is 1. The number of ether oxygens (including phenoxy) is 1. The Kier molecular flexibility index (Phi) is 6.50. The van der Waals surface area contributed by atoms with Gasteiger partial charge in [0, 0.05) is 24.6 Å². The lowest BCUT2D eigenvalue weighted by Gasteiger charge is -2.32. The van der Waals surface area contributed by atoms with Gasteiger partial charge in [0.1, 0.15) is 6.10 Å². The molecule has 1 aliphatic rings. The summed E-state index contributed by atoms with van der Waals surface area (Å²) in [7, 11) is 0. The number of halogens is 1. The van der Waals surface area contributed by atoms with Crippen molar-refractivity contribution in [3.05, 3.63) is 75.8 Å². The molecule has 0 saturated carbocycles. The molecule has 0 unspecified atom stereocenters. The van der Waals surface area contributed by atoms with E-state index in [2.05, 4.69) is 5.32 Å². The van der Waals surface area contributed by atoms with Crippen LogP contribution in [0.15, 0.2) is 54.6 Å². The zero-order valence-electron chi connectivity index (χ0n) is 13.5. The van der Waals surface area contributed by atoms with Crippen molar-refractivity contribution in [3.63, 3.8) is 0 Å². The van der Waals surface area contributed by atoms with Crippen molar-refractivity contribution in [2.24, 2.45) is 0 Å². The van der Waals surface area contributed by atoms with Crippen LogP contribution in [0.5, 0.6) is 0 Å². The van der Waals surface area contributed by atoms with Crippen molar-refractivity contribution in [1.29, 1.82) is 0 Å². The maximum Gasteiger partial charge on any atom is 0.338 e. The third kappa shape index (κ3) is 4.55. The molecule has 1 N–H and O–H groups in total. The number of non-ortho nitro benzene ring substituents is 1. The summed E-state index contributed by atoms with van der Waals surface area (Å²) >= 11 is 0. The average molecular weight is 363 g/mol. The van der Waals surface area contributed by atoms with Gasteiger partial charge in [-0.3, -0.25) is 10.1 Å². The van der Waals surface area contributed by atoms with Gasteiger partial charge in [0.15, 0.2) is 0 Å². The minimum atomic E-state index is -0.494. The first-order valence-corrected chi connectivity index (χ1v) is 7.86. The molecule has 0 radical (unpaired) electrons. The summed E-state index contributed by atoms with van der Waals surface area (Å²) in [5.41, 5.74) is 1.42. The Morgan fingerprint density at radius 3 is 2.44 bits per heavy atom. The van der Waals surface area contributed by atoms with E-state index in [1.54, 1.807) is 0 Å². The van der Waals surface area contributed by atoms with Crippen molar-refractivity contribution < 1.29 is 14.5 Å². The third-order valence-electron chi connectivity index (χ3n) is 4.23. The monoisotopic (exact) mass is 362 g/mol. The maximum absolute atomic E-state index is 12.4. The first-order valence-electron chi connectivity index (χ1n) is 7.86. The zero-order chi connectivity index (χ0) is 16.9. The smallest absolute Gasteiger partial charge is 0.338 e. The van der Waals surface area contributed by atoms with Gasteiger partial charge >= 0.3 is 5.97 Å². The van der Waals surface area contributed by atoms with Crippen LogP contribution >= 0.6 is 12.4 Å². The van der Waals surface area contributed by atoms with E-state index in [1.807, 2.05) is 30.3 Å². The molecule has 2 atom stereocenters. The number of nitrogens with zero attached hydrogens (tertiary/aromatic N) is 1. The molecular weight excluding hydrogens is 344 g/mol. The van der Waals surface area contributed by atoms with E-state index in [1.165, 1.54) is 24.3 Å². The van der Waals surface area contributed by atoms with E-state index in [4.69, 9.17) is 4.74 Å². The first-order chi connectivity index (χ1) is 11.6. The predicted octanol–water partition coefficient (Wildman–Crippen LogP) is 3.32. The fraction of sp³-hybridized carbons (Fsp3) is 0.278. The molecule has 6 nitrogen and oxygen atoms in total. The number of piperidine rings is 1. The van der Waals surface area contributed by atoms with Crippen LogP contribution < -0.4 is 5.32 Å². The molecule has 0 bridgehead atoms. The van der Waals surface area contributed by atoms with Crippen LogP contribution in [0.25, 0.3) is 0 Å². The second kappa shape index (κ2) is 8.60. The summed E-state index contributed by atoms with van der Waals surface area (Å²) < 4.78 is 5.67. The van der Waals surface area contributed by atoms with Crippen LogP contribution in [0, 0.1) is 10.1 Å². The van der Waals surface area contributed by atoms with E-state index < -0.39 is 10.9 Å². The van der Waals surface area contributed by atoms with Crippen molar-refractivity contribution >= 4 is 24.1 Å². The molecule has 132 valence electrons. The van der Waals surface area contributed by atoms with E-state index in [-0.39, 0.29) is 30.1 Å². The lowest BCUT2D eigenvalue weighted by Crippen LogP contribution is -2.42. The van der Waals surface area contributed by atoms with Crippen LogP contribution in [0.3, 0.4) is 0 Å². The summed E-state index contributed by atoms with van der Waals surface area (Å²) in [4.78, 5) is 22.5. The van der Waals surface area contributed by atoms with Crippen LogP contribution in [-0.2, 0) is 4.74 Å². The van der Waals surface area contributed by atoms with Gasteiger partial charge in [0.2, 0.25) is 0 Å². The second-order valence-corrected chi connectivity index (χ2v) is 5.76. The Bertz CT molecular complexity index is 722. The second-order valence-electron chi connectivity index (χ2n) is 5.76. The Labute approximate surface area is 151 Å². The van der Waals surface area contributed by atoms with E-state index >= 15 is 0 Å². The lowest BCUT2D eigenvalue weighted by molar-refractivity contribution is -0.384. The van der Waals surface area contributed by atoms with E-state index in [0.717, 1.165) is 18.5 Å². The highest BCUT2D eigenvalue weighted by Crippen LogP contribution is 2.28. The van der Waals surface area contributed by atoms with Crippen LogP contribution in [0.1, 0.15) is 28.3 Å². The molecule has 1 heterocycles. The highest BCUT2D eigenvalue weighted by molar-refractivity contribution is 5.89. The summed E-state index contributed by atoms with van der Waals surface area (Å²) in [6, 6.07) is 15.5. The maximum atomic E-state index is 12.4. The molecule has 1 saturated heterocycles. The van der Waals surface area contributed by atoms with Crippen molar-refractivity contribution in [1.82, 2.24) is 5.32 Å². The molecular formula is C18H19ClN2O4. The number of esters is 1. The summed E-state index contributed by atoms with van der Waals surface area (Å²) in [6.45, 7) is 1.48. The summed E-state index contributed by atoms with van der Waals surface area (Å²) in [5, 5.41) is 13.9. The molecule has 1 aliphatic heterocycles. The zero-order valence-corrected chi connectivity index (χ0v) is 14.3. The molecule has 0 aliphatic carbocycles. The standard InChI is InChI=1S/C18H18N2O4.ClH/c21-18(14-6-8-15(9-7-14)20(22)23)24-17-12-19-11-10-16(17)13-4-2-1-3-5-13;/h1-9,16-17,19H,10-12H2;1H/t16-,17+;/m1./s1. The molecule has 0 amide bonds. The molecule has 1 fully saturated rings. The number of carbonyl (C=O) groups excluding carboxylic acids is 1. The minimum Gasteiger partial charge on any atom is -0.457 e. The lowest BCUT2D eigenvalue weighted by atomic mass is 9.88. The number of hydrogen-bond donors (Lipinski definition) is 1. The fourth-order valence-corrected chi connectivity index (χ4v) is 2.96. The fourth-order valence-electron chi connectivity index (χ4n) is 2.96. The Balaban J connectivity index is 0.00000225. The molecule has 0 aromatic heterocycles. The quantitative estimate of drug-likeness (QED) is 0.512. The van der Waals surface area contributed by atoms with Crippen LogP contribution in [-0.4, -0.2) is 30.1 Å². The molecule has 3 rings (SSSR count). The van der Waals surface area contributed by atoms with Gasteiger partial charge < -0.3 is 10.1 Å². The van der Waals surface area contributed by atoms with Gasteiger partial charge in [-0.2, -0.15) is 0 Å². The molecule has 25 heavy (non-hydrogen) atoms. The molecule has 7 heteroatoms. The topological polar surface area (TPSA) is 81.5 Å². The number of nitrogens with one attached hydrogen (secondary N) is 1. The van der Waals surface area contributed by atoms with Gasteiger partial charge in [-0.05, 0) is 30.7 Å². The highest BCUT2D eigenvalue weighted by atomic mass is 35.5. The number of benzene rings is 2. The van der Waals surface area contributed by atoms with Gasteiger partial charge in [-0.1, -0.05) is 30.3 Å². The minimum absolute atomic E-state index is 0. The highest BCUT2D eigenvalue weighted by Gasteiger charge is 2.29. The molecule has 2 aromatic rings.